The van der Waals surface area contributed by atoms with Crippen LogP contribution in [0.25, 0.3) is 0 Å². The van der Waals surface area contributed by atoms with Crippen LogP contribution in [0, 0.1) is 5.41 Å². The van der Waals surface area contributed by atoms with E-state index in [0.717, 1.165) is 26.1 Å². The first-order valence-corrected chi connectivity index (χ1v) is 10.0. The van der Waals surface area contributed by atoms with Crippen molar-refractivity contribution < 1.29 is 22.8 Å². The maximum Gasteiger partial charge on any atom is 0.531 e. The Hall–Kier alpha value is 0.0169. The number of rotatable bonds is 12. The molecule has 0 bridgehead atoms. The molecule has 1 atom stereocenters. The second-order valence-electron chi connectivity index (χ2n) is 5.46. The van der Waals surface area contributed by atoms with Crippen molar-refractivity contribution in [2.75, 3.05) is 39.6 Å². The summed E-state index contributed by atoms with van der Waals surface area (Å²) in [5.74, 6) is 0. The lowest BCUT2D eigenvalue weighted by atomic mass is 9.84. The third-order valence-corrected chi connectivity index (χ3v) is 7.40. The van der Waals surface area contributed by atoms with E-state index in [1.54, 1.807) is 0 Å². The van der Waals surface area contributed by atoms with Gasteiger partial charge in [-0.15, -0.1) is 0 Å². The molecule has 0 aromatic heterocycles. The van der Waals surface area contributed by atoms with E-state index in [1.807, 2.05) is 20.8 Å². The Bertz CT molecular complexity index is 261. The Morgan fingerprint density at radius 3 is 1.76 bits per heavy atom. The van der Waals surface area contributed by atoms with Gasteiger partial charge in [0.2, 0.25) is 0 Å². The third-order valence-electron chi connectivity index (χ3n) is 3.96. The Labute approximate surface area is 130 Å². The Morgan fingerprint density at radius 1 is 0.952 bits per heavy atom. The van der Waals surface area contributed by atoms with Crippen molar-refractivity contribution in [3.63, 3.8) is 0 Å². The SMILES string of the molecule is CCO[Si](OCC)(OCC)C(CC)OCC1(CC)COC1. The van der Waals surface area contributed by atoms with E-state index >= 15 is 0 Å². The number of hydrogen-bond acceptors (Lipinski definition) is 5. The van der Waals surface area contributed by atoms with Gasteiger partial charge in [-0.25, -0.2) is 0 Å². The zero-order valence-electron chi connectivity index (χ0n) is 14.3. The average molecular weight is 321 g/mol. The van der Waals surface area contributed by atoms with Gasteiger partial charge in [0.05, 0.1) is 19.8 Å². The second-order valence-corrected chi connectivity index (χ2v) is 8.17. The van der Waals surface area contributed by atoms with Gasteiger partial charge in [0, 0.05) is 25.2 Å². The molecule has 0 saturated carbocycles. The molecular weight excluding hydrogens is 288 g/mol. The minimum absolute atomic E-state index is 0.110. The van der Waals surface area contributed by atoms with Gasteiger partial charge in [-0.3, -0.25) is 0 Å². The maximum absolute atomic E-state index is 6.22. The van der Waals surface area contributed by atoms with E-state index in [4.69, 9.17) is 22.8 Å². The molecule has 1 fully saturated rings. The van der Waals surface area contributed by atoms with Gasteiger partial charge in [-0.1, -0.05) is 13.8 Å². The predicted octanol–water partition coefficient (Wildman–Crippen LogP) is 2.80. The summed E-state index contributed by atoms with van der Waals surface area (Å²) in [6.07, 6.45) is 1.89. The van der Waals surface area contributed by atoms with Gasteiger partial charge >= 0.3 is 8.80 Å². The van der Waals surface area contributed by atoms with Gasteiger partial charge in [-0.2, -0.15) is 0 Å². The number of hydrogen-bond donors (Lipinski definition) is 0. The standard InChI is InChI=1S/C15H32O5Si/c1-6-14(17-13-15(7-2)11-16-12-15)21(18-8-3,19-9-4)20-10-5/h14H,6-13H2,1-5H3. The molecule has 1 unspecified atom stereocenters. The average Bonchev–Trinajstić information content (AvgIpc) is 2.43. The summed E-state index contributed by atoms with van der Waals surface area (Å²) in [5, 5.41) is 0. The van der Waals surface area contributed by atoms with Crippen LogP contribution in [0.1, 0.15) is 47.5 Å². The summed E-state index contributed by atoms with van der Waals surface area (Å²) in [6, 6.07) is 0. The highest BCUT2D eigenvalue weighted by Gasteiger charge is 2.51. The summed E-state index contributed by atoms with van der Waals surface area (Å²) < 4.78 is 29.4. The largest absolute Gasteiger partial charge is 0.531 e. The molecule has 1 rings (SSSR count). The topological polar surface area (TPSA) is 46.2 Å². The summed E-state index contributed by atoms with van der Waals surface area (Å²) >= 11 is 0. The van der Waals surface area contributed by atoms with Gasteiger partial charge in [0.1, 0.15) is 5.73 Å². The van der Waals surface area contributed by atoms with Crippen LogP contribution in [-0.2, 0) is 22.8 Å². The summed E-state index contributed by atoms with van der Waals surface area (Å²) in [5.41, 5.74) is 0.0550. The first-order valence-electron chi connectivity index (χ1n) is 8.23. The molecule has 126 valence electrons. The van der Waals surface area contributed by atoms with Crippen molar-refractivity contribution >= 4 is 8.80 Å². The van der Waals surface area contributed by atoms with E-state index in [9.17, 15) is 0 Å². The highest BCUT2D eigenvalue weighted by molar-refractivity contribution is 6.62. The molecule has 1 aliphatic rings. The summed E-state index contributed by atoms with van der Waals surface area (Å²) in [7, 11) is -2.79. The van der Waals surface area contributed by atoms with Crippen molar-refractivity contribution in [3.8, 4) is 0 Å². The summed E-state index contributed by atoms with van der Waals surface area (Å²) in [4.78, 5) is 0. The molecule has 5 nitrogen and oxygen atoms in total. The fraction of sp³-hybridized carbons (Fsp3) is 1.00. The minimum atomic E-state index is -2.79. The van der Waals surface area contributed by atoms with Crippen molar-refractivity contribution in [2.24, 2.45) is 5.41 Å². The molecular formula is C15H32O5Si. The Kier molecular flexibility index (Phi) is 8.37. The van der Waals surface area contributed by atoms with E-state index in [-0.39, 0.29) is 11.1 Å². The van der Waals surface area contributed by atoms with Gasteiger partial charge in [0.25, 0.3) is 0 Å². The quantitative estimate of drug-likeness (QED) is 0.517. The Balaban J connectivity index is 2.74. The molecule has 6 heteroatoms. The normalized spacial score (nSPS) is 19.3. The van der Waals surface area contributed by atoms with Crippen LogP contribution in [-0.4, -0.2) is 54.2 Å². The van der Waals surface area contributed by atoms with Crippen LogP contribution in [0.15, 0.2) is 0 Å². The van der Waals surface area contributed by atoms with E-state index < -0.39 is 8.80 Å². The second kappa shape index (κ2) is 9.22. The maximum atomic E-state index is 6.22. The first kappa shape index (κ1) is 19.1. The smallest absolute Gasteiger partial charge is 0.380 e. The summed E-state index contributed by atoms with van der Waals surface area (Å²) in [6.45, 7) is 14.2. The fourth-order valence-electron chi connectivity index (χ4n) is 2.53. The number of ether oxygens (including phenoxy) is 2. The molecule has 0 aromatic rings. The van der Waals surface area contributed by atoms with E-state index in [2.05, 4.69) is 13.8 Å². The van der Waals surface area contributed by atoms with E-state index in [1.165, 1.54) is 0 Å². The lowest BCUT2D eigenvalue weighted by molar-refractivity contribution is -0.160. The van der Waals surface area contributed by atoms with Crippen LogP contribution >= 0.6 is 0 Å². The molecule has 1 aliphatic heterocycles. The molecule has 0 spiro atoms. The van der Waals surface area contributed by atoms with E-state index in [0.29, 0.717) is 26.4 Å². The highest BCUT2D eigenvalue weighted by Crippen LogP contribution is 2.33. The lowest BCUT2D eigenvalue weighted by Crippen LogP contribution is -2.59. The van der Waals surface area contributed by atoms with Crippen molar-refractivity contribution in [1.82, 2.24) is 0 Å². The zero-order valence-corrected chi connectivity index (χ0v) is 15.3. The van der Waals surface area contributed by atoms with Crippen LogP contribution in [0.4, 0.5) is 0 Å². The lowest BCUT2D eigenvalue weighted by Gasteiger charge is -2.42. The van der Waals surface area contributed by atoms with Crippen molar-refractivity contribution in [3.05, 3.63) is 0 Å². The zero-order chi connectivity index (χ0) is 15.8. The third kappa shape index (κ3) is 4.74. The van der Waals surface area contributed by atoms with Crippen LogP contribution in [0.2, 0.25) is 0 Å². The minimum Gasteiger partial charge on any atom is -0.380 e. The molecule has 0 aromatic carbocycles. The first-order chi connectivity index (χ1) is 10.1. The molecule has 1 heterocycles. The fourth-order valence-corrected chi connectivity index (χ4v) is 5.34. The Morgan fingerprint density at radius 2 is 1.48 bits per heavy atom. The van der Waals surface area contributed by atoms with Crippen molar-refractivity contribution in [2.45, 2.75) is 53.2 Å². The van der Waals surface area contributed by atoms with Gasteiger partial charge < -0.3 is 22.8 Å². The van der Waals surface area contributed by atoms with Gasteiger partial charge in [0.15, 0.2) is 0 Å². The highest BCUT2D eigenvalue weighted by atomic mass is 28.4. The van der Waals surface area contributed by atoms with Crippen molar-refractivity contribution in [1.29, 1.82) is 0 Å². The monoisotopic (exact) mass is 320 g/mol. The molecule has 0 N–H and O–H groups in total. The molecule has 0 aliphatic carbocycles. The van der Waals surface area contributed by atoms with Crippen LogP contribution in [0.3, 0.4) is 0 Å². The van der Waals surface area contributed by atoms with Gasteiger partial charge in [-0.05, 0) is 33.6 Å². The van der Waals surface area contributed by atoms with Crippen LogP contribution in [0.5, 0.6) is 0 Å². The molecule has 0 radical (unpaired) electrons. The molecule has 0 amide bonds. The molecule has 1 saturated heterocycles. The molecule has 21 heavy (non-hydrogen) atoms. The van der Waals surface area contributed by atoms with Crippen LogP contribution < -0.4 is 0 Å². The predicted molar refractivity (Wildman–Crippen MR) is 84.2 cm³/mol.